The average molecular weight is 310 g/mol. The van der Waals surface area contributed by atoms with Gasteiger partial charge in [-0.2, -0.15) is 0 Å². The van der Waals surface area contributed by atoms with Crippen LogP contribution in [-0.4, -0.2) is 38.6 Å². The van der Waals surface area contributed by atoms with Gasteiger partial charge in [0.1, 0.15) is 11.4 Å². The van der Waals surface area contributed by atoms with Crippen LogP contribution in [0.4, 0.5) is 0 Å². The van der Waals surface area contributed by atoms with Gasteiger partial charge in [0.05, 0.1) is 6.61 Å². The van der Waals surface area contributed by atoms with Crippen molar-refractivity contribution in [1.82, 2.24) is 20.3 Å². The predicted molar refractivity (Wildman–Crippen MR) is 76.6 cm³/mol. The summed E-state index contributed by atoms with van der Waals surface area (Å²) in [6.45, 7) is 1.56. The third-order valence-electron chi connectivity index (χ3n) is 3.64. The molecule has 0 atom stereocenters. The Kier molecular flexibility index (Phi) is 2.90. The van der Waals surface area contributed by atoms with Gasteiger partial charge in [-0.05, 0) is 15.9 Å². The zero-order chi connectivity index (χ0) is 16.0. The van der Waals surface area contributed by atoms with Gasteiger partial charge in [-0.15, -0.1) is 0 Å². The Morgan fingerprint density at radius 1 is 1.17 bits per heavy atom. The molecule has 3 aromatic rings. The Morgan fingerprint density at radius 2 is 1.91 bits per heavy atom. The molecule has 4 rings (SSSR count). The third-order valence-corrected chi connectivity index (χ3v) is 3.64. The zero-order valence-corrected chi connectivity index (χ0v) is 12.1. The molecule has 0 saturated heterocycles. The summed E-state index contributed by atoms with van der Waals surface area (Å²) in [7, 11) is 0. The quantitative estimate of drug-likeness (QED) is 0.521. The van der Waals surface area contributed by atoms with E-state index in [1.807, 2.05) is 18.2 Å². The summed E-state index contributed by atoms with van der Waals surface area (Å²) in [6.07, 6.45) is 0.445. The standard InChI is InChI=1S/C15H10N4O4/c1-7(20)22-6-5-8-3-2-4-9-10(8)13(21)12-11(9)16-14-15(17-12)19-23-18-14/h2-4H,5-6H2,1H3. The number of esters is 1. The molecule has 0 saturated carbocycles. The number of fused-ring (bicyclic) bond motifs is 4. The first kappa shape index (κ1) is 13.5. The van der Waals surface area contributed by atoms with Crippen LogP contribution in [0.1, 0.15) is 28.5 Å². The SMILES string of the molecule is CC(=O)OCCc1cccc2c1C(=O)c1nc3nonc3nc1-2. The Balaban J connectivity index is 1.79. The molecule has 114 valence electrons. The molecular formula is C15H10N4O4. The second-order valence-electron chi connectivity index (χ2n) is 5.09. The molecule has 8 heteroatoms. The summed E-state index contributed by atoms with van der Waals surface area (Å²) in [5, 5.41) is 7.27. The molecule has 0 unspecified atom stereocenters. The summed E-state index contributed by atoms with van der Waals surface area (Å²) in [5.41, 5.74) is 3.20. The molecule has 2 heterocycles. The van der Waals surface area contributed by atoms with Crippen LogP contribution in [0.3, 0.4) is 0 Å². The minimum atomic E-state index is -0.352. The lowest BCUT2D eigenvalue weighted by Gasteiger charge is -2.07. The third kappa shape index (κ3) is 2.07. The van der Waals surface area contributed by atoms with E-state index in [4.69, 9.17) is 4.74 Å². The zero-order valence-electron chi connectivity index (χ0n) is 12.1. The molecule has 0 fully saturated rings. The lowest BCUT2D eigenvalue weighted by Crippen LogP contribution is -2.07. The predicted octanol–water partition coefficient (Wildman–Crippen LogP) is 1.33. The first-order valence-electron chi connectivity index (χ1n) is 6.96. The molecule has 1 aromatic carbocycles. The van der Waals surface area contributed by atoms with Gasteiger partial charge in [0.2, 0.25) is 17.1 Å². The van der Waals surface area contributed by atoms with Gasteiger partial charge in [-0.3, -0.25) is 9.59 Å². The number of aromatic nitrogens is 4. The summed E-state index contributed by atoms with van der Waals surface area (Å²) in [6, 6.07) is 5.47. The largest absolute Gasteiger partial charge is 0.466 e. The molecule has 8 nitrogen and oxygen atoms in total. The number of carbonyl (C=O) groups excluding carboxylic acids is 2. The van der Waals surface area contributed by atoms with Gasteiger partial charge in [0.15, 0.2) is 0 Å². The van der Waals surface area contributed by atoms with E-state index >= 15 is 0 Å². The molecule has 0 amide bonds. The van der Waals surface area contributed by atoms with Gasteiger partial charge in [0, 0.05) is 24.5 Å². The molecule has 0 aliphatic heterocycles. The van der Waals surface area contributed by atoms with E-state index < -0.39 is 0 Å². The number of ketones is 1. The van der Waals surface area contributed by atoms with Crippen LogP contribution in [0.5, 0.6) is 0 Å². The highest BCUT2D eigenvalue weighted by molar-refractivity contribution is 6.21. The summed E-state index contributed by atoms with van der Waals surface area (Å²) < 4.78 is 9.54. The number of hydrogen-bond acceptors (Lipinski definition) is 8. The van der Waals surface area contributed by atoms with Crippen LogP contribution in [0, 0.1) is 0 Å². The minimum absolute atomic E-state index is 0.200. The Morgan fingerprint density at radius 3 is 2.65 bits per heavy atom. The van der Waals surface area contributed by atoms with Gasteiger partial charge in [-0.25, -0.2) is 14.6 Å². The molecule has 1 aliphatic carbocycles. The van der Waals surface area contributed by atoms with Crippen LogP contribution >= 0.6 is 0 Å². The molecule has 1 aliphatic rings. The van der Waals surface area contributed by atoms with Crippen LogP contribution in [0.15, 0.2) is 22.8 Å². The Bertz CT molecular complexity index is 963. The molecule has 2 aromatic heterocycles. The lowest BCUT2D eigenvalue weighted by atomic mass is 10.00. The number of benzene rings is 1. The fourth-order valence-corrected chi connectivity index (χ4v) is 2.68. The van der Waals surface area contributed by atoms with Crippen LogP contribution in [0.2, 0.25) is 0 Å². The van der Waals surface area contributed by atoms with E-state index in [0.29, 0.717) is 23.2 Å². The van der Waals surface area contributed by atoms with E-state index in [-0.39, 0.29) is 35.3 Å². The molecule has 23 heavy (non-hydrogen) atoms. The number of rotatable bonds is 3. The summed E-state index contributed by atoms with van der Waals surface area (Å²) in [4.78, 5) is 32.1. The van der Waals surface area contributed by atoms with Crippen molar-refractivity contribution in [2.45, 2.75) is 13.3 Å². The summed E-state index contributed by atoms with van der Waals surface area (Å²) >= 11 is 0. The maximum Gasteiger partial charge on any atom is 0.302 e. The lowest BCUT2D eigenvalue weighted by molar-refractivity contribution is -0.140. The Hall–Kier alpha value is -3.16. The summed E-state index contributed by atoms with van der Waals surface area (Å²) in [5.74, 6) is -0.569. The maximum absolute atomic E-state index is 12.7. The average Bonchev–Trinajstić information content (AvgIpc) is 3.09. The number of hydrogen-bond donors (Lipinski definition) is 0. The topological polar surface area (TPSA) is 108 Å². The fraction of sp³-hybridized carbons (Fsp3) is 0.200. The Labute approximate surface area is 129 Å². The maximum atomic E-state index is 12.7. The highest BCUT2D eigenvalue weighted by Gasteiger charge is 2.33. The van der Waals surface area contributed by atoms with E-state index in [2.05, 4.69) is 24.9 Å². The van der Waals surface area contributed by atoms with Gasteiger partial charge in [0.25, 0.3) is 0 Å². The van der Waals surface area contributed by atoms with Crippen molar-refractivity contribution in [3.8, 4) is 11.3 Å². The van der Waals surface area contributed by atoms with E-state index in [9.17, 15) is 9.59 Å². The highest BCUT2D eigenvalue weighted by atomic mass is 16.6. The molecular weight excluding hydrogens is 300 g/mol. The normalized spacial score (nSPS) is 12.3. The first-order valence-corrected chi connectivity index (χ1v) is 6.96. The van der Waals surface area contributed by atoms with Crippen molar-refractivity contribution < 1.29 is 19.0 Å². The number of carbonyl (C=O) groups is 2. The van der Waals surface area contributed by atoms with Crippen molar-refractivity contribution in [2.75, 3.05) is 6.61 Å². The highest BCUT2D eigenvalue weighted by Crippen LogP contribution is 2.36. The van der Waals surface area contributed by atoms with E-state index in [1.54, 1.807) is 0 Å². The first-order chi connectivity index (χ1) is 11.1. The van der Waals surface area contributed by atoms with Crippen molar-refractivity contribution in [1.29, 1.82) is 0 Å². The van der Waals surface area contributed by atoms with Crippen LogP contribution < -0.4 is 0 Å². The number of ether oxygens (including phenoxy) is 1. The fourth-order valence-electron chi connectivity index (χ4n) is 2.68. The van der Waals surface area contributed by atoms with Crippen LogP contribution in [-0.2, 0) is 16.0 Å². The van der Waals surface area contributed by atoms with Crippen molar-refractivity contribution in [3.05, 3.63) is 35.0 Å². The number of nitrogens with zero attached hydrogens (tertiary/aromatic N) is 4. The van der Waals surface area contributed by atoms with Gasteiger partial charge >= 0.3 is 5.97 Å². The second kappa shape index (κ2) is 4.94. The minimum Gasteiger partial charge on any atom is -0.466 e. The van der Waals surface area contributed by atoms with Gasteiger partial charge < -0.3 is 4.74 Å². The molecule has 0 N–H and O–H groups in total. The van der Waals surface area contributed by atoms with Crippen molar-refractivity contribution >= 4 is 23.0 Å². The van der Waals surface area contributed by atoms with E-state index in [0.717, 1.165) is 5.56 Å². The second-order valence-corrected chi connectivity index (χ2v) is 5.09. The molecule has 0 radical (unpaired) electrons. The molecule has 0 spiro atoms. The molecule has 0 bridgehead atoms. The van der Waals surface area contributed by atoms with Crippen molar-refractivity contribution in [3.63, 3.8) is 0 Å². The van der Waals surface area contributed by atoms with Crippen molar-refractivity contribution in [2.24, 2.45) is 0 Å². The van der Waals surface area contributed by atoms with Gasteiger partial charge in [-0.1, -0.05) is 18.2 Å². The monoisotopic (exact) mass is 310 g/mol. The van der Waals surface area contributed by atoms with Crippen LogP contribution in [0.25, 0.3) is 22.6 Å². The van der Waals surface area contributed by atoms with E-state index in [1.165, 1.54) is 6.92 Å². The smallest absolute Gasteiger partial charge is 0.302 e.